The van der Waals surface area contributed by atoms with Crippen molar-refractivity contribution in [2.75, 3.05) is 5.88 Å². The molecular formula is C3H7ClN2S. The van der Waals surface area contributed by atoms with Crippen molar-refractivity contribution in [3.8, 4) is 0 Å². The highest BCUT2D eigenvalue weighted by molar-refractivity contribution is 8.02. The molecule has 0 bridgehead atoms. The molecule has 0 radical (unpaired) electrons. The minimum absolute atomic E-state index is 0. The highest BCUT2D eigenvalue weighted by Crippen LogP contribution is 2.09. The molecule has 0 fully saturated rings. The second-order valence-electron chi connectivity index (χ2n) is 1.10. The van der Waals surface area contributed by atoms with Crippen molar-refractivity contribution >= 4 is 24.2 Å². The van der Waals surface area contributed by atoms with Gasteiger partial charge in [0.15, 0.2) is 0 Å². The summed E-state index contributed by atoms with van der Waals surface area (Å²) in [5.74, 6) is 6.16. The molecule has 0 spiro atoms. The normalized spacial score (nSPS) is 17.0. The highest BCUT2D eigenvalue weighted by atomic mass is 35.5. The van der Waals surface area contributed by atoms with Gasteiger partial charge in [-0.25, -0.2) is 5.84 Å². The summed E-state index contributed by atoms with van der Waals surface area (Å²) in [6, 6.07) is 0. The fourth-order valence-electron chi connectivity index (χ4n) is 0.293. The van der Waals surface area contributed by atoms with Gasteiger partial charge in [0.1, 0.15) is 0 Å². The molecular weight excluding hydrogens is 132 g/mol. The Kier molecular flexibility index (Phi) is 3.25. The molecule has 1 rings (SSSR count). The molecule has 0 aliphatic carbocycles. The van der Waals surface area contributed by atoms with Gasteiger partial charge in [-0.15, -0.1) is 24.2 Å². The summed E-state index contributed by atoms with van der Waals surface area (Å²) in [5, 5.41) is 3.62. The van der Waals surface area contributed by atoms with Crippen LogP contribution in [-0.2, 0) is 0 Å². The van der Waals surface area contributed by atoms with Crippen LogP contribution in [0.25, 0.3) is 0 Å². The van der Waals surface area contributed by atoms with E-state index in [0.717, 1.165) is 5.88 Å². The van der Waals surface area contributed by atoms with E-state index in [2.05, 4.69) is 0 Å². The van der Waals surface area contributed by atoms with Crippen LogP contribution in [0.5, 0.6) is 0 Å². The topological polar surface area (TPSA) is 29.3 Å². The van der Waals surface area contributed by atoms with E-state index in [1.807, 2.05) is 11.6 Å². The minimum atomic E-state index is 0. The summed E-state index contributed by atoms with van der Waals surface area (Å²) in [5.41, 5.74) is 0. The first-order valence-corrected chi connectivity index (χ1v) is 2.74. The first-order chi connectivity index (χ1) is 2.89. The third-order valence-electron chi connectivity index (χ3n) is 0.572. The number of rotatable bonds is 0. The lowest BCUT2D eigenvalue weighted by atomic mass is 11.0. The average molecular weight is 139 g/mol. The number of thioether (sulfide) groups is 1. The van der Waals surface area contributed by atoms with Gasteiger partial charge in [0, 0.05) is 6.20 Å². The maximum Gasteiger partial charge on any atom is 0.0830 e. The van der Waals surface area contributed by atoms with Crippen LogP contribution in [0.15, 0.2) is 11.6 Å². The molecule has 0 atom stereocenters. The van der Waals surface area contributed by atoms with Crippen molar-refractivity contribution in [2.24, 2.45) is 5.84 Å². The summed E-state index contributed by atoms with van der Waals surface area (Å²) in [4.78, 5) is 0. The van der Waals surface area contributed by atoms with Gasteiger partial charge in [-0.1, -0.05) is 0 Å². The molecule has 0 saturated carbocycles. The van der Waals surface area contributed by atoms with Crippen LogP contribution in [0.1, 0.15) is 0 Å². The van der Waals surface area contributed by atoms with Crippen molar-refractivity contribution in [1.29, 1.82) is 0 Å². The molecule has 0 saturated heterocycles. The van der Waals surface area contributed by atoms with Gasteiger partial charge in [-0.05, 0) is 5.41 Å². The summed E-state index contributed by atoms with van der Waals surface area (Å²) in [6.45, 7) is 0. The van der Waals surface area contributed by atoms with Crippen LogP contribution in [0.2, 0.25) is 0 Å². The van der Waals surface area contributed by atoms with Crippen molar-refractivity contribution in [1.82, 2.24) is 5.01 Å². The second kappa shape index (κ2) is 3.18. The van der Waals surface area contributed by atoms with E-state index in [-0.39, 0.29) is 12.4 Å². The van der Waals surface area contributed by atoms with Crippen LogP contribution in [0.4, 0.5) is 0 Å². The van der Waals surface area contributed by atoms with E-state index < -0.39 is 0 Å². The zero-order chi connectivity index (χ0) is 4.41. The van der Waals surface area contributed by atoms with Gasteiger partial charge in [0.2, 0.25) is 0 Å². The smallest absolute Gasteiger partial charge is 0.0830 e. The van der Waals surface area contributed by atoms with Crippen molar-refractivity contribution < 1.29 is 0 Å². The van der Waals surface area contributed by atoms with Gasteiger partial charge in [0.05, 0.1) is 5.88 Å². The van der Waals surface area contributed by atoms with Crippen LogP contribution >= 0.6 is 24.2 Å². The zero-order valence-corrected chi connectivity index (χ0v) is 5.34. The van der Waals surface area contributed by atoms with Gasteiger partial charge < -0.3 is 5.01 Å². The Balaban J connectivity index is 0.000000360. The van der Waals surface area contributed by atoms with Gasteiger partial charge in [-0.3, -0.25) is 0 Å². The van der Waals surface area contributed by atoms with Gasteiger partial charge >= 0.3 is 0 Å². The molecule has 1 heterocycles. The zero-order valence-electron chi connectivity index (χ0n) is 3.70. The fourth-order valence-corrected chi connectivity index (χ4v) is 0.880. The Morgan fingerprint density at radius 2 is 2.43 bits per heavy atom. The standard InChI is InChI=1S/C3H6N2S.ClH/c4-5-1-2-6-3-5;/h1-2H,3-4H2;1H. The molecule has 7 heavy (non-hydrogen) atoms. The number of halogens is 1. The van der Waals surface area contributed by atoms with E-state index >= 15 is 0 Å². The molecule has 2 nitrogen and oxygen atoms in total. The highest BCUT2D eigenvalue weighted by Gasteiger charge is 1.94. The first kappa shape index (κ1) is 7.14. The van der Waals surface area contributed by atoms with Crippen molar-refractivity contribution in [3.05, 3.63) is 11.6 Å². The van der Waals surface area contributed by atoms with Crippen LogP contribution in [0.3, 0.4) is 0 Å². The van der Waals surface area contributed by atoms with E-state index in [9.17, 15) is 0 Å². The largest absolute Gasteiger partial charge is 0.308 e. The lowest BCUT2D eigenvalue weighted by Gasteiger charge is -2.01. The van der Waals surface area contributed by atoms with Crippen LogP contribution in [-0.4, -0.2) is 10.9 Å². The van der Waals surface area contributed by atoms with Crippen LogP contribution < -0.4 is 5.84 Å². The number of hydrazine groups is 1. The molecule has 0 unspecified atom stereocenters. The Morgan fingerprint density at radius 1 is 1.71 bits per heavy atom. The molecule has 42 valence electrons. The quantitative estimate of drug-likeness (QED) is 0.502. The fraction of sp³-hybridized carbons (Fsp3) is 0.333. The lowest BCUT2D eigenvalue weighted by molar-refractivity contribution is 0.474. The van der Waals surface area contributed by atoms with Gasteiger partial charge in [-0.2, -0.15) is 0 Å². The summed E-state index contributed by atoms with van der Waals surface area (Å²) < 4.78 is 0. The van der Waals surface area contributed by atoms with Gasteiger partial charge in [0.25, 0.3) is 0 Å². The first-order valence-electron chi connectivity index (χ1n) is 1.69. The lowest BCUT2D eigenvalue weighted by Crippen LogP contribution is -2.20. The Labute approximate surface area is 53.1 Å². The SMILES string of the molecule is Cl.NN1C=CSC1. The summed E-state index contributed by atoms with van der Waals surface area (Å²) in [6.07, 6.45) is 1.85. The number of nitrogens with zero attached hydrogens (tertiary/aromatic N) is 1. The molecule has 4 heteroatoms. The Hall–Kier alpha value is 0.140. The molecule has 1 aliphatic rings. The van der Waals surface area contributed by atoms with E-state index in [4.69, 9.17) is 5.84 Å². The van der Waals surface area contributed by atoms with E-state index in [1.54, 1.807) is 16.8 Å². The maximum absolute atomic E-state index is 5.26. The van der Waals surface area contributed by atoms with E-state index in [0.29, 0.717) is 0 Å². The van der Waals surface area contributed by atoms with Crippen LogP contribution in [0, 0.1) is 0 Å². The Morgan fingerprint density at radius 3 is 2.57 bits per heavy atom. The molecule has 2 N–H and O–H groups in total. The number of hydrogen-bond donors (Lipinski definition) is 1. The molecule has 0 amide bonds. The van der Waals surface area contributed by atoms with Crippen molar-refractivity contribution in [2.45, 2.75) is 0 Å². The molecule has 0 aromatic rings. The second-order valence-corrected chi connectivity index (χ2v) is 1.96. The summed E-state index contributed by atoms with van der Waals surface area (Å²) >= 11 is 1.70. The third kappa shape index (κ3) is 2.06. The Bertz CT molecular complexity index is 75.3. The molecule has 1 aliphatic heterocycles. The maximum atomic E-state index is 5.26. The monoisotopic (exact) mass is 138 g/mol. The van der Waals surface area contributed by atoms with Crippen molar-refractivity contribution in [3.63, 3.8) is 0 Å². The predicted molar refractivity (Wildman–Crippen MR) is 34.9 cm³/mol. The predicted octanol–water partition coefficient (Wildman–Crippen LogP) is 0.759. The number of hydrogen-bond acceptors (Lipinski definition) is 3. The molecule has 0 aromatic carbocycles. The van der Waals surface area contributed by atoms with E-state index in [1.165, 1.54) is 0 Å². The molecule has 0 aromatic heterocycles. The number of nitrogens with two attached hydrogens (primary N) is 1. The summed E-state index contributed by atoms with van der Waals surface area (Å²) in [7, 11) is 0. The minimum Gasteiger partial charge on any atom is -0.308 e. The third-order valence-corrected chi connectivity index (χ3v) is 1.33. The average Bonchev–Trinajstić information content (AvgIpc) is 1.86.